The zero-order valence-electron chi connectivity index (χ0n) is 9.66. The van der Waals surface area contributed by atoms with E-state index in [0.717, 1.165) is 7.11 Å². The molecule has 0 saturated carbocycles. The van der Waals surface area contributed by atoms with Crippen molar-refractivity contribution < 1.29 is 22.5 Å². The molecular formula is C12H12O5S. The molecule has 18 heavy (non-hydrogen) atoms. The van der Waals surface area contributed by atoms with Gasteiger partial charge >= 0.3 is 5.97 Å². The quantitative estimate of drug-likeness (QED) is 0.647. The standard InChI is InChI=1S/C12H12O5S/c1-17-18(15,16)11(12(13)14)9-5-8-10-6-3-2-4-7-10/h2-4,6-7,11H,9H2,1H3,(H,13,14). The summed E-state index contributed by atoms with van der Waals surface area (Å²) in [6, 6.07) is 8.87. The molecule has 0 radical (unpaired) electrons. The van der Waals surface area contributed by atoms with Crippen LogP contribution in [0.5, 0.6) is 0 Å². The number of carbonyl (C=O) groups is 1. The molecule has 0 spiro atoms. The molecule has 0 heterocycles. The molecule has 0 amide bonds. The predicted octanol–water partition coefficient (Wildman–Crippen LogP) is 0.858. The van der Waals surface area contributed by atoms with E-state index in [4.69, 9.17) is 5.11 Å². The summed E-state index contributed by atoms with van der Waals surface area (Å²) in [4.78, 5) is 10.8. The molecule has 0 aliphatic rings. The lowest BCUT2D eigenvalue weighted by Crippen LogP contribution is -2.30. The second kappa shape index (κ2) is 6.19. The summed E-state index contributed by atoms with van der Waals surface area (Å²) < 4.78 is 26.8. The monoisotopic (exact) mass is 268 g/mol. The highest BCUT2D eigenvalue weighted by molar-refractivity contribution is 7.88. The molecule has 0 aliphatic carbocycles. The summed E-state index contributed by atoms with van der Waals surface area (Å²) >= 11 is 0. The second-order valence-corrected chi connectivity index (χ2v) is 5.25. The van der Waals surface area contributed by atoms with Gasteiger partial charge in [0.05, 0.1) is 7.11 Å². The Labute approximate surface area is 106 Å². The van der Waals surface area contributed by atoms with Crippen LogP contribution in [0.1, 0.15) is 12.0 Å². The van der Waals surface area contributed by atoms with Crippen molar-refractivity contribution in [1.29, 1.82) is 0 Å². The number of carboxylic acids is 1. The van der Waals surface area contributed by atoms with E-state index < -0.39 is 21.3 Å². The van der Waals surface area contributed by atoms with Crippen molar-refractivity contribution in [3.05, 3.63) is 35.9 Å². The molecule has 1 rings (SSSR count). The van der Waals surface area contributed by atoms with Crippen molar-refractivity contribution in [2.24, 2.45) is 0 Å². The molecule has 0 aliphatic heterocycles. The maximum atomic E-state index is 11.3. The third-order valence-electron chi connectivity index (χ3n) is 2.15. The van der Waals surface area contributed by atoms with Crippen molar-refractivity contribution in [2.75, 3.05) is 7.11 Å². The molecule has 1 N–H and O–H groups in total. The van der Waals surface area contributed by atoms with Gasteiger partial charge in [-0.15, -0.1) is 0 Å². The SMILES string of the molecule is COS(=O)(=O)C(CC#Cc1ccccc1)C(=O)O. The summed E-state index contributed by atoms with van der Waals surface area (Å²) in [5.41, 5.74) is 0.691. The van der Waals surface area contributed by atoms with Crippen LogP contribution in [0.15, 0.2) is 30.3 Å². The normalized spacial score (nSPS) is 12.3. The molecule has 0 bridgehead atoms. The number of carboxylic acid groups (broad SMARTS) is 1. The minimum atomic E-state index is -4.12. The first-order valence-corrected chi connectivity index (χ1v) is 6.50. The van der Waals surface area contributed by atoms with Crippen molar-refractivity contribution in [2.45, 2.75) is 11.7 Å². The third kappa shape index (κ3) is 3.87. The van der Waals surface area contributed by atoms with Crippen LogP contribution in [0.3, 0.4) is 0 Å². The summed E-state index contributed by atoms with van der Waals surface area (Å²) in [5.74, 6) is 3.75. The molecule has 1 unspecified atom stereocenters. The van der Waals surface area contributed by atoms with E-state index in [1.54, 1.807) is 24.3 Å². The van der Waals surface area contributed by atoms with E-state index in [1.807, 2.05) is 6.07 Å². The molecule has 0 saturated heterocycles. The minimum absolute atomic E-state index is 0.319. The Hall–Kier alpha value is -1.84. The van der Waals surface area contributed by atoms with Crippen LogP contribution in [-0.2, 0) is 19.1 Å². The van der Waals surface area contributed by atoms with Crippen molar-refractivity contribution in [3.8, 4) is 11.8 Å². The lowest BCUT2D eigenvalue weighted by atomic mass is 10.2. The van der Waals surface area contributed by atoms with Crippen LogP contribution < -0.4 is 0 Å². The Balaban J connectivity index is 2.83. The summed E-state index contributed by atoms with van der Waals surface area (Å²) in [7, 11) is -3.19. The fourth-order valence-electron chi connectivity index (χ4n) is 1.20. The number of aliphatic carboxylic acids is 1. The van der Waals surface area contributed by atoms with Gasteiger partial charge in [0.1, 0.15) is 0 Å². The van der Waals surface area contributed by atoms with Crippen LogP contribution >= 0.6 is 0 Å². The lowest BCUT2D eigenvalue weighted by molar-refractivity contribution is -0.136. The lowest BCUT2D eigenvalue weighted by Gasteiger charge is -2.07. The maximum absolute atomic E-state index is 11.3. The first kappa shape index (κ1) is 14.2. The highest BCUT2D eigenvalue weighted by Crippen LogP contribution is 2.08. The van der Waals surface area contributed by atoms with Crippen LogP contribution in [0, 0.1) is 11.8 Å². The van der Waals surface area contributed by atoms with Crippen molar-refractivity contribution in [1.82, 2.24) is 0 Å². The van der Waals surface area contributed by atoms with Crippen LogP contribution in [-0.4, -0.2) is 31.9 Å². The van der Waals surface area contributed by atoms with Gasteiger partial charge in [-0.25, -0.2) is 0 Å². The zero-order valence-corrected chi connectivity index (χ0v) is 10.5. The Morgan fingerprint density at radius 2 is 2.00 bits per heavy atom. The van der Waals surface area contributed by atoms with Gasteiger partial charge in [-0.1, -0.05) is 30.0 Å². The zero-order chi connectivity index (χ0) is 13.6. The second-order valence-electron chi connectivity index (χ2n) is 3.36. The molecule has 96 valence electrons. The van der Waals surface area contributed by atoms with Crippen LogP contribution in [0.4, 0.5) is 0 Å². The summed E-state index contributed by atoms with van der Waals surface area (Å²) in [6.45, 7) is 0. The molecular weight excluding hydrogens is 256 g/mol. The number of rotatable bonds is 4. The molecule has 0 fully saturated rings. The minimum Gasteiger partial charge on any atom is -0.480 e. The molecule has 5 nitrogen and oxygen atoms in total. The van der Waals surface area contributed by atoms with Gasteiger partial charge in [0, 0.05) is 12.0 Å². The Bertz CT molecular complexity index is 565. The van der Waals surface area contributed by atoms with Crippen molar-refractivity contribution in [3.63, 3.8) is 0 Å². The van der Waals surface area contributed by atoms with Gasteiger partial charge in [0.25, 0.3) is 10.1 Å². The smallest absolute Gasteiger partial charge is 0.325 e. The third-order valence-corrected chi connectivity index (χ3v) is 3.68. The topological polar surface area (TPSA) is 80.7 Å². The highest BCUT2D eigenvalue weighted by atomic mass is 32.2. The average Bonchev–Trinajstić information content (AvgIpc) is 2.35. The predicted molar refractivity (Wildman–Crippen MR) is 65.3 cm³/mol. The average molecular weight is 268 g/mol. The van der Waals surface area contributed by atoms with E-state index >= 15 is 0 Å². The summed E-state index contributed by atoms with van der Waals surface area (Å²) in [6.07, 6.45) is -0.319. The highest BCUT2D eigenvalue weighted by Gasteiger charge is 2.31. The Kier molecular flexibility index (Phi) is 4.89. The fourth-order valence-corrected chi connectivity index (χ4v) is 1.96. The first-order chi connectivity index (χ1) is 8.47. The Morgan fingerprint density at radius 1 is 1.39 bits per heavy atom. The van der Waals surface area contributed by atoms with E-state index in [1.165, 1.54) is 0 Å². The van der Waals surface area contributed by atoms with Gasteiger partial charge in [0.2, 0.25) is 0 Å². The largest absolute Gasteiger partial charge is 0.480 e. The number of hydrogen-bond donors (Lipinski definition) is 1. The fraction of sp³-hybridized carbons (Fsp3) is 0.250. The van der Waals surface area contributed by atoms with Crippen LogP contribution in [0.2, 0.25) is 0 Å². The molecule has 0 aromatic heterocycles. The van der Waals surface area contributed by atoms with E-state index in [-0.39, 0.29) is 6.42 Å². The molecule has 1 aromatic carbocycles. The molecule has 1 atom stereocenters. The van der Waals surface area contributed by atoms with Crippen LogP contribution in [0.25, 0.3) is 0 Å². The van der Waals surface area contributed by atoms with Gasteiger partial charge in [-0.05, 0) is 12.1 Å². The van der Waals surface area contributed by atoms with Crippen molar-refractivity contribution >= 4 is 16.1 Å². The maximum Gasteiger partial charge on any atom is 0.325 e. The van der Waals surface area contributed by atoms with E-state index in [0.29, 0.717) is 5.56 Å². The van der Waals surface area contributed by atoms with Gasteiger partial charge in [-0.2, -0.15) is 8.42 Å². The Morgan fingerprint density at radius 3 is 2.50 bits per heavy atom. The summed E-state index contributed by atoms with van der Waals surface area (Å²) in [5, 5.41) is 7.14. The van der Waals surface area contributed by atoms with Gasteiger partial charge in [-0.3, -0.25) is 8.98 Å². The van der Waals surface area contributed by atoms with E-state index in [2.05, 4.69) is 16.0 Å². The van der Waals surface area contributed by atoms with E-state index in [9.17, 15) is 13.2 Å². The number of hydrogen-bond acceptors (Lipinski definition) is 4. The van der Waals surface area contributed by atoms with Gasteiger partial charge < -0.3 is 5.11 Å². The first-order valence-electron chi connectivity index (χ1n) is 5.03. The van der Waals surface area contributed by atoms with Gasteiger partial charge in [0.15, 0.2) is 5.25 Å². The number of benzene rings is 1. The molecule has 1 aromatic rings. The molecule has 6 heteroatoms.